The summed E-state index contributed by atoms with van der Waals surface area (Å²) >= 11 is 1.21. The number of para-hydroxylation sites is 2. The van der Waals surface area contributed by atoms with Crippen molar-refractivity contribution in [2.24, 2.45) is 0 Å². The van der Waals surface area contributed by atoms with Crippen LogP contribution >= 0.6 is 11.8 Å². The van der Waals surface area contributed by atoms with E-state index in [-0.39, 0.29) is 11.4 Å². The number of rotatable bonds is 6. The minimum atomic E-state index is -4.47. The van der Waals surface area contributed by atoms with Gasteiger partial charge in [0.25, 0.3) is 0 Å². The summed E-state index contributed by atoms with van der Waals surface area (Å²) in [5.41, 5.74) is 3.73. The molecule has 8 heteroatoms. The van der Waals surface area contributed by atoms with Crippen molar-refractivity contribution >= 4 is 34.4 Å². The summed E-state index contributed by atoms with van der Waals surface area (Å²) in [5.74, 6) is -0.431. The van der Waals surface area contributed by atoms with E-state index in [4.69, 9.17) is 4.98 Å². The molecule has 4 nitrogen and oxygen atoms in total. The fraction of sp³-hybridized carbons (Fsp3) is 0.160. The van der Waals surface area contributed by atoms with Crippen molar-refractivity contribution in [2.75, 3.05) is 11.1 Å². The van der Waals surface area contributed by atoms with Crippen LogP contribution in [0.4, 0.5) is 18.9 Å². The third-order valence-electron chi connectivity index (χ3n) is 4.91. The highest BCUT2D eigenvalue weighted by molar-refractivity contribution is 8.00. The Labute approximate surface area is 193 Å². The van der Waals surface area contributed by atoms with E-state index in [2.05, 4.69) is 10.3 Å². The molecule has 0 atom stereocenters. The lowest BCUT2D eigenvalue weighted by Crippen LogP contribution is -2.15. The normalized spacial score (nSPS) is 11.5. The minimum absolute atomic E-state index is 0.00976. The Balaban J connectivity index is 1.52. The van der Waals surface area contributed by atoms with E-state index in [1.807, 2.05) is 55.5 Å². The third-order valence-corrected chi connectivity index (χ3v) is 5.92. The number of carbonyl (C=O) groups is 1. The van der Waals surface area contributed by atoms with Gasteiger partial charge >= 0.3 is 6.18 Å². The first-order chi connectivity index (χ1) is 15.8. The minimum Gasteiger partial charge on any atom is -0.325 e. The second-order valence-corrected chi connectivity index (χ2v) is 8.51. The Kier molecular flexibility index (Phi) is 6.65. The Morgan fingerprint density at radius 3 is 2.33 bits per heavy atom. The number of carbonyl (C=O) groups excluding carboxylic acids is 1. The second kappa shape index (κ2) is 9.62. The molecular formula is C25H20F3N3OS. The summed E-state index contributed by atoms with van der Waals surface area (Å²) in [7, 11) is 0. The van der Waals surface area contributed by atoms with Gasteiger partial charge in [0.15, 0.2) is 0 Å². The molecule has 1 N–H and O–H groups in total. The van der Waals surface area contributed by atoms with Crippen LogP contribution in [0, 0.1) is 6.92 Å². The first-order valence-corrected chi connectivity index (χ1v) is 11.2. The van der Waals surface area contributed by atoms with Crippen LogP contribution in [0.1, 0.15) is 22.4 Å². The number of alkyl halides is 3. The number of nitrogens with one attached hydrogen (secondary N) is 1. The van der Waals surface area contributed by atoms with Crippen LogP contribution in [0.15, 0.2) is 77.8 Å². The van der Waals surface area contributed by atoms with Gasteiger partial charge in [-0.2, -0.15) is 13.2 Å². The molecule has 3 aromatic carbocycles. The van der Waals surface area contributed by atoms with Crippen LogP contribution < -0.4 is 5.32 Å². The molecule has 1 heterocycles. The predicted octanol–water partition coefficient (Wildman–Crippen LogP) is 6.28. The van der Waals surface area contributed by atoms with Gasteiger partial charge in [-0.15, -0.1) is 0 Å². The van der Waals surface area contributed by atoms with Crippen molar-refractivity contribution in [2.45, 2.75) is 24.5 Å². The zero-order valence-corrected chi connectivity index (χ0v) is 18.5. The number of nitrogens with zero attached hydrogens (tertiary/aromatic N) is 2. The first-order valence-electron chi connectivity index (χ1n) is 10.2. The maximum atomic E-state index is 12.9. The van der Waals surface area contributed by atoms with Crippen molar-refractivity contribution in [3.63, 3.8) is 0 Å². The van der Waals surface area contributed by atoms with E-state index < -0.39 is 17.6 Å². The van der Waals surface area contributed by atoms with E-state index in [9.17, 15) is 18.0 Å². The standard InChI is InChI=1S/C25H20F3N3OS/c1-16-9-11-17(12-10-16)13-22-24(31-21-8-3-2-7-20(21)30-22)33-15-23(32)29-19-6-4-5-18(14-19)25(26,27)28/h2-12,14H,13,15H2,1H3,(H,29,32). The van der Waals surface area contributed by atoms with Gasteiger partial charge in [-0.3, -0.25) is 4.79 Å². The second-order valence-electron chi connectivity index (χ2n) is 7.54. The number of anilines is 1. The quantitative estimate of drug-likeness (QED) is 0.339. The molecule has 1 amide bonds. The molecule has 0 unspecified atom stereocenters. The van der Waals surface area contributed by atoms with Crippen LogP contribution in [0.25, 0.3) is 11.0 Å². The van der Waals surface area contributed by atoms with Gasteiger partial charge in [0.1, 0.15) is 5.03 Å². The van der Waals surface area contributed by atoms with Crippen LogP contribution in [0.5, 0.6) is 0 Å². The number of fused-ring (bicyclic) bond motifs is 1. The van der Waals surface area contributed by atoms with Crippen molar-refractivity contribution in [1.82, 2.24) is 9.97 Å². The molecule has 0 spiro atoms. The molecule has 0 saturated heterocycles. The summed E-state index contributed by atoms with van der Waals surface area (Å²) in [6.45, 7) is 2.02. The van der Waals surface area contributed by atoms with Gasteiger partial charge in [0.05, 0.1) is 28.0 Å². The van der Waals surface area contributed by atoms with Gasteiger partial charge < -0.3 is 5.32 Å². The molecule has 4 aromatic rings. The van der Waals surface area contributed by atoms with Crippen LogP contribution in [0.3, 0.4) is 0 Å². The van der Waals surface area contributed by atoms with Crippen molar-refractivity contribution < 1.29 is 18.0 Å². The molecule has 0 aliphatic heterocycles. The Morgan fingerprint density at radius 1 is 0.939 bits per heavy atom. The molecule has 168 valence electrons. The van der Waals surface area contributed by atoms with Gasteiger partial charge in [0, 0.05) is 12.1 Å². The number of hydrogen-bond acceptors (Lipinski definition) is 4. The highest BCUT2D eigenvalue weighted by Gasteiger charge is 2.30. The summed E-state index contributed by atoms with van der Waals surface area (Å²) in [6, 6.07) is 20.2. The lowest BCUT2D eigenvalue weighted by molar-refractivity contribution is -0.137. The molecule has 0 aliphatic rings. The fourth-order valence-electron chi connectivity index (χ4n) is 3.25. The number of hydrogen-bond donors (Lipinski definition) is 1. The molecule has 0 bridgehead atoms. The third kappa shape index (κ3) is 5.90. The maximum absolute atomic E-state index is 12.9. The molecular weight excluding hydrogens is 447 g/mol. The zero-order chi connectivity index (χ0) is 23.4. The molecule has 33 heavy (non-hydrogen) atoms. The van der Waals surface area contributed by atoms with E-state index in [1.165, 1.54) is 23.9 Å². The zero-order valence-electron chi connectivity index (χ0n) is 17.7. The number of amides is 1. The Bertz CT molecular complexity index is 1290. The maximum Gasteiger partial charge on any atom is 0.416 e. The van der Waals surface area contributed by atoms with Gasteiger partial charge in [-0.25, -0.2) is 9.97 Å². The van der Waals surface area contributed by atoms with Gasteiger partial charge in [0.2, 0.25) is 5.91 Å². The van der Waals surface area contributed by atoms with Gasteiger partial charge in [-0.05, 0) is 42.8 Å². The SMILES string of the molecule is Cc1ccc(Cc2nc3ccccc3nc2SCC(=O)Nc2cccc(C(F)(F)F)c2)cc1. The van der Waals surface area contributed by atoms with Crippen LogP contribution in [-0.2, 0) is 17.4 Å². The monoisotopic (exact) mass is 467 g/mol. The van der Waals surface area contributed by atoms with Crippen molar-refractivity contribution in [3.8, 4) is 0 Å². The summed E-state index contributed by atoms with van der Waals surface area (Å²) in [4.78, 5) is 21.9. The smallest absolute Gasteiger partial charge is 0.325 e. The van der Waals surface area contributed by atoms with Gasteiger partial charge in [-0.1, -0.05) is 59.8 Å². The molecule has 1 aromatic heterocycles. The van der Waals surface area contributed by atoms with Crippen LogP contribution in [-0.4, -0.2) is 21.6 Å². The van der Waals surface area contributed by atoms with E-state index in [0.29, 0.717) is 17.0 Å². The number of aromatic nitrogens is 2. The lowest BCUT2D eigenvalue weighted by atomic mass is 10.1. The number of aryl methyl sites for hydroxylation is 1. The fourth-order valence-corrected chi connectivity index (χ4v) is 4.04. The molecule has 4 rings (SSSR count). The summed E-state index contributed by atoms with van der Waals surface area (Å²) in [5, 5.41) is 3.15. The molecule has 0 aliphatic carbocycles. The Morgan fingerprint density at radius 2 is 1.64 bits per heavy atom. The van der Waals surface area contributed by atoms with E-state index in [1.54, 1.807) is 0 Å². The lowest BCUT2D eigenvalue weighted by Gasteiger charge is -2.11. The topological polar surface area (TPSA) is 54.9 Å². The van der Waals surface area contributed by atoms with E-state index >= 15 is 0 Å². The average Bonchev–Trinajstić information content (AvgIpc) is 2.79. The highest BCUT2D eigenvalue weighted by Crippen LogP contribution is 2.31. The number of halogens is 3. The van der Waals surface area contributed by atoms with Crippen LogP contribution in [0.2, 0.25) is 0 Å². The summed E-state index contributed by atoms with van der Waals surface area (Å²) < 4.78 is 38.7. The predicted molar refractivity (Wildman–Crippen MR) is 124 cm³/mol. The number of benzene rings is 3. The van der Waals surface area contributed by atoms with E-state index in [0.717, 1.165) is 34.5 Å². The first kappa shape index (κ1) is 22.8. The molecule has 0 saturated carbocycles. The largest absolute Gasteiger partial charge is 0.416 e. The molecule has 0 fully saturated rings. The van der Waals surface area contributed by atoms with Crippen molar-refractivity contribution in [1.29, 1.82) is 0 Å². The van der Waals surface area contributed by atoms with Crippen molar-refractivity contribution in [3.05, 3.63) is 95.2 Å². The number of thioether (sulfide) groups is 1. The molecule has 0 radical (unpaired) electrons. The summed E-state index contributed by atoms with van der Waals surface area (Å²) in [6.07, 6.45) is -3.92. The average molecular weight is 468 g/mol. The highest BCUT2D eigenvalue weighted by atomic mass is 32.2. The Hall–Kier alpha value is -3.39.